The molecule has 4 atom stereocenters. The Morgan fingerprint density at radius 3 is 2.48 bits per heavy atom. The number of benzene rings is 1. The molecule has 1 aliphatic heterocycles. The van der Waals surface area contributed by atoms with Crippen molar-refractivity contribution in [3.63, 3.8) is 0 Å². The van der Waals surface area contributed by atoms with Crippen LogP contribution in [0.4, 0.5) is 17.6 Å². The summed E-state index contributed by atoms with van der Waals surface area (Å²) in [6.45, 7) is 4.22. The maximum atomic E-state index is 13.3. The van der Waals surface area contributed by atoms with Gasteiger partial charge >= 0.3 is 6.18 Å². The third-order valence-corrected chi connectivity index (χ3v) is 7.17. The van der Waals surface area contributed by atoms with E-state index in [1.54, 1.807) is 23.5 Å². The Hall–Kier alpha value is -0.400. The number of rotatable bonds is 2. The summed E-state index contributed by atoms with van der Waals surface area (Å²) in [5.41, 5.74) is 5.21. The fraction of sp³-hybridized carbons (Fsp3) is 0.571. The van der Waals surface area contributed by atoms with Gasteiger partial charge < -0.3 is 5.73 Å². The first-order valence-electron chi connectivity index (χ1n) is 6.59. The quantitative estimate of drug-likeness (QED) is 0.805. The summed E-state index contributed by atoms with van der Waals surface area (Å²) in [6, 6.07) is 2.51. The van der Waals surface area contributed by atoms with Crippen molar-refractivity contribution in [1.82, 2.24) is 0 Å². The third kappa shape index (κ3) is 3.87. The highest BCUT2D eigenvalue weighted by atomic mass is 32.2. The summed E-state index contributed by atoms with van der Waals surface area (Å²) < 4.78 is 51.6. The van der Waals surface area contributed by atoms with Crippen LogP contribution in [0.2, 0.25) is 0 Å². The van der Waals surface area contributed by atoms with Crippen LogP contribution in [0, 0.1) is 5.82 Å². The molecule has 4 unspecified atom stereocenters. The van der Waals surface area contributed by atoms with Crippen LogP contribution in [-0.4, -0.2) is 21.5 Å². The van der Waals surface area contributed by atoms with E-state index in [4.69, 9.17) is 5.73 Å². The fourth-order valence-corrected chi connectivity index (χ4v) is 5.23. The van der Waals surface area contributed by atoms with E-state index >= 15 is 0 Å². The van der Waals surface area contributed by atoms with Crippen LogP contribution in [0.1, 0.15) is 31.0 Å². The van der Waals surface area contributed by atoms with E-state index in [-0.39, 0.29) is 5.25 Å². The number of alkyl halides is 3. The molecule has 0 radical (unpaired) electrons. The molecule has 0 saturated carbocycles. The SMILES string of the molecule is CC1SCC(C(N)c2ccc(F)c(C(F)(F)F)c2)SC1C. The Kier molecular flexibility index (Phi) is 5.15. The van der Waals surface area contributed by atoms with E-state index in [2.05, 4.69) is 13.8 Å². The molecule has 1 saturated heterocycles. The minimum Gasteiger partial charge on any atom is -0.323 e. The van der Waals surface area contributed by atoms with E-state index in [0.29, 0.717) is 16.1 Å². The van der Waals surface area contributed by atoms with Crippen LogP contribution in [0.25, 0.3) is 0 Å². The van der Waals surface area contributed by atoms with Crippen molar-refractivity contribution in [2.24, 2.45) is 5.73 Å². The second-order valence-corrected chi connectivity index (χ2v) is 8.21. The second-order valence-electron chi connectivity index (χ2n) is 5.18. The summed E-state index contributed by atoms with van der Waals surface area (Å²) in [7, 11) is 0. The maximum absolute atomic E-state index is 13.3. The van der Waals surface area contributed by atoms with Gasteiger partial charge in [-0.05, 0) is 17.7 Å². The molecule has 1 fully saturated rings. The smallest absolute Gasteiger partial charge is 0.323 e. The average molecular weight is 339 g/mol. The number of thioether (sulfide) groups is 2. The fourth-order valence-electron chi connectivity index (χ4n) is 2.18. The van der Waals surface area contributed by atoms with Crippen molar-refractivity contribution < 1.29 is 17.6 Å². The van der Waals surface area contributed by atoms with Crippen molar-refractivity contribution in [1.29, 1.82) is 0 Å². The van der Waals surface area contributed by atoms with Gasteiger partial charge in [-0.3, -0.25) is 0 Å². The van der Waals surface area contributed by atoms with Crippen molar-refractivity contribution in [2.45, 2.75) is 41.8 Å². The zero-order valence-corrected chi connectivity index (χ0v) is 13.3. The lowest BCUT2D eigenvalue weighted by molar-refractivity contribution is -0.140. The number of hydrogen-bond acceptors (Lipinski definition) is 3. The Labute approximate surface area is 130 Å². The Bertz CT molecular complexity index is 506. The Balaban J connectivity index is 2.22. The molecular formula is C14H17F4NS2. The zero-order chi connectivity index (χ0) is 15.8. The average Bonchev–Trinajstić information content (AvgIpc) is 2.40. The van der Waals surface area contributed by atoms with E-state index in [0.717, 1.165) is 17.9 Å². The van der Waals surface area contributed by atoms with E-state index in [1.165, 1.54) is 6.07 Å². The molecule has 1 aliphatic rings. The zero-order valence-electron chi connectivity index (χ0n) is 11.7. The molecule has 21 heavy (non-hydrogen) atoms. The highest BCUT2D eigenvalue weighted by Gasteiger charge is 2.36. The molecule has 2 N–H and O–H groups in total. The lowest BCUT2D eigenvalue weighted by Crippen LogP contribution is -2.34. The first-order chi connectivity index (χ1) is 9.70. The van der Waals surface area contributed by atoms with E-state index in [1.807, 2.05) is 0 Å². The Morgan fingerprint density at radius 1 is 1.24 bits per heavy atom. The third-order valence-electron chi connectivity index (χ3n) is 3.66. The van der Waals surface area contributed by atoms with Gasteiger partial charge in [0, 0.05) is 27.5 Å². The predicted molar refractivity (Wildman–Crippen MR) is 81.1 cm³/mol. The molecule has 7 heteroatoms. The molecule has 1 nitrogen and oxygen atoms in total. The normalized spacial score (nSPS) is 28.4. The van der Waals surface area contributed by atoms with Gasteiger partial charge in [-0.15, -0.1) is 0 Å². The minimum absolute atomic E-state index is 0.0349. The van der Waals surface area contributed by atoms with Crippen molar-refractivity contribution >= 4 is 23.5 Å². The van der Waals surface area contributed by atoms with Gasteiger partial charge in [0.05, 0.1) is 5.56 Å². The van der Waals surface area contributed by atoms with Crippen LogP contribution >= 0.6 is 23.5 Å². The van der Waals surface area contributed by atoms with Crippen LogP contribution in [-0.2, 0) is 6.18 Å². The lowest BCUT2D eigenvalue weighted by atomic mass is 10.0. The van der Waals surface area contributed by atoms with Crippen LogP contribution < -0.4 is 5.73 Å². The molecule has 118 valence electrons. The van der Waals surface area contributed by atoms with Crippen LogP contribution in [0.15, 0.2) is 18.2 Å². The number of hydrogen-bond donors (Lipinski definition) is 1. The monoisotopic (exact) mass is 339 g/mol. The van der Waals surface area contributed by atoms with Crippen molar-refractivity contribution in [3.8, 4) is 0 Å². The molecule has 1 aromatic carbocycles. The van der Waals surface area contributed by atoms with E-state index < -0.39 is 23.6 Å². The van der Waals surface area contributed by atoms with Gasteiger partial charge in [0.15, 0.2) is 0 Å². The first kappa shape index (κ1) is 17.0. The predicted octanol–water partition coefficient (Wildman–Crippen LogP) is 4.47. The molecule has 1 aromatic rings. The minimum atomic E-state index is -4.70. The van der Waals surface area contributed by atoms with Crippen molar-refractivity contribution in [3.05, 3.63) is 35.1 Å². The summed E-state index contributed by atoms with van der Waals surface area (Å²) in [4.78, 5) is 0. The van der Waals surface area contributed by atoms with Crippen LogP contribution in [0.3, 0.4) is 0 Å². The molecule has 0 amide bonds. The summed E-state index contributed by atoms with van der Waals surface area (Å²) in [6.07, 6.45) is -4.70. The number of halogens is 4. The largest absolute Gasteiger partial charge is 0.419 e. The highest BCUT2D eigenvalue weighted by molar-refractivity contribution is 8.07. The highest BCUT2D eigenvalue weighted by Crippen LogP contribution is 2.41. The standard InChI is InChI=1S/C14H17F4NS2/c1-7-8(2)21-12(6-20-7)13(19)9-3-4-11(15)10(5-9)14(16,17)18/h3-5,7-8,12-13H,6,19H2,1-2H3. The topological polar surface area (TPSA) is 26.0 Å². The van der Waals surface area contributed by atoms with Gasteiger partial charge in [-0.25, -0.2) is 4.39 Å². The molecule has 0 bridgehead atoms. The second kappa shape index (κ2) is 6.38. The molecule has 2 rings (SSSR count). The summed E-state index contributed by atoms with van der Waals surface area (Å²) in [5.74, 6) is -0.470. The number of nitrogens with two attached hydrogens (primary N) is 1. The van der Waals surface area contributed by atoms with Crippen LogP contribution in [0.5, 0.6) is 0 Å². The first-order valence-corrected chi connectivity index (χ1v) is 8.58. The van der Waals surface area contributed by atoms with Gasteiger partial charge in [0.25, 0.3) is 0 Å². The molecule has 0 aromatic heterocycles. The summed E-state index contributed by atoms with van der Waals surface area (Å²) in [5, 5.41) is 0.924. The molecular weight excluding hydrogens is 322 g/mol. The molecule has 0 aliphatic carbocycles. The Morgan fingerprint density at radius 2 is 1.90 bits per heavy atom. The summed E-state index contributed by atoms with van der Waals surface area (Å²) >= 11 is 3.47. The van der Waals surface area contributed by atoms with Crippen molar-refractivity contribution in [2.75, 3.05) is 5.75 Å². The van der Waals surface area contributed by atoms with Gasteiger partial charge in [0.1, 0.15) is 5.82 Å². The lowest BCUT2D eigenvalue weighted by Gasteiger charge is -2.34. The maximum Gasteiger partial charge on any atom is 0.419 e. The molecule has 1 heterocycles. The van der Waals surface area contributed by atoms with Gasteiger partial charge in [-0.1, -0.05) is 19.9 Å². The molecule has 0 spiro atoms. The van der Waals surface area contributed by atoms with E-state index in [9.17, 15) is 17.6 Å². The van der Waals surface area contributed by atoms with Gasteiger partial charge in [-0.2, -0.15) is 36.7 Å². The van der Waals surface area contributed by atoms with Gasteiger partial charge in [0.2, 0.25) is 0 Å².